The van der Waals surface area contributed by atoms with Crippen LogP contribution in [0.5, 0.6) is 28.7 Å². The summed E-state index contributed by atoms with van der Waals surface area (Å²) in [7, 11) is 3.57. The number of nitrogens with zero attached hydrogens (tertiary/aromatic N) is 3. The van der Waals surface area contributed by atoms with Crippen LogP contribution in [-0.2, 0) is 28.9 Å². The Hall–Kier alpha value is -4.63. The molecule has 11 heteroatoms. The summed E-state index contributed by atoms with van der Waals surface area (Å²) in [5.74, 6) is 1.68. The highest BCUT2D eigenvalue weighted by atomic mass is 16.7. The van der Waals surface area contributed by atoms with Crippen molar-refractivity contribution in [2.45, 2.75) is 76.7 Å². The van der Waals surface area contributed by atoms with E-state index < -0.39 is 18.1 Å². The van der Waals surface area contributed by atoms with E-state index in [2.05, 4.69) is 27.3 Å². The van der Waals surface area contributed by atoms with Crippen molar-refractivity contribution < 1.29 is 33.6 Å². The van der Waals surface area contributed by atoms with Gasteiger partial charge < -0.3 is 29.4 Å². The van der Waals surface area contributed by atoms with Crippen LogP contribution in [0.25, 0.3) is 0 Å². The van der Waals surface area contributed by atoms with Crippen molar-refractivity contribution in [3.8, 4) is 34.8 Å². The highest BCUT2D eigenvalue weighted by Gasteiger charge is 2.56. The molecule has 2 N–H and O–H groups in total. The number of methoxy groups -OCH3 is 1. The number of phenols is 1. The predicted octanol–water partition coefficient (Wildman–Crippen LogP) is 4.23. The Morgan fingerprint density at radius 2 is 1.84 bits per heavy atom. The Balaban J connectivity index is 1.33. The van der Waals surface area contributed by atoms with Crippen molar-refractivity contribution in [3.05, 3.63) is 75.3 Å². The number of carbonyl (C=O) groups excluding carboxylic acids is 2. The van der Waals surface area contributed by atoms with Gasteiger partial charge in [0.05, 0.1) is 31.8 Å². The number of hydrogen-bond acceptors (Lipinski definition) is 11. The Morgan fingerprint density at radius 1 is 1.08 bits per heavy atom. The molecule has 2 bridgehead atoms. The van der Waals surface area contributed by atoms with E-state index in [0.717, 1.165) is 33.4 Å². The molecule has 256 valence electrons. The number of phenolic OH excluding ortho intramolecular Hbond substituents is 1. The summed E-state index contributed by atoms with van der Waals surface area (Å²) >= 11 is 0. The third kappa shape index (κ3) is 5.48. The lowest BCUT2D eigenvalue weighted by Gasteiger charge is -2.60. The molecular weight excluding hydrogens is 624 g/mol. The number of esters is 1. The van der Waals surface area contributed by atoms with E-state index >= 15 is 0 Å². The zero-order chi connectivity index (χ0) is 34.6. The van der Waals surface area contributed by atoms with Crippen LogP contribution in [-0.4, -0.2) is 78.8 Å². The predicted molar refractivity (Wildman–Crippen MR) is 180 cm³/mol. The van der Waals surface area contributed by atoms with Crippen LogP contribution < -0.4 is 24.3 Å². The SMILES string of the molecule is COc1c(C)cc2c(c1O)[C@@H]1C3Cc4c(OC(C)=O)c(C)c5c(c4[C@H](CNCC(=O)CCc4ccccc4)N3[C@@H](C#N)[C@H](C2)N1C)OCO5. The van der Waals surface area contributed by atoms with E-state index in [-0.39, 0.29) is 43.0 Å². The number of carbonyl (C=O) groups is 2. The van der Waals surface area contributed by atoms with Crippen LogP contribution in [0.3, 0.4) is 0 Å². The molecule has 0 amide bonds. The molecule has 0 aromatic heterocycles. The minimum Gasteiger partial charge on any atom is -0.504 e. The molecule has 5 atom stereocenters. The van der Waals surface area contributed by atoms with Gasteiger partial charge in [-0.05, 0) is 56.8 Å². The first-order valence-electron chi connectivity index (χ1n) is 16.8. The van der Waals surface area contributed by atoms with Crippen LogP contribution >= 0.6 is 0 Å². The fraction of sp³-hybridized carbons (Fsp3) is 0.447. The molecule has 1 saturated heterocycles. The van der Waals surface area contributed by atoms with Gasteiger partial charge in [0.2, 0.25) is 6.79 Å². The minimum atomic E-state index is -0.533. The number of nitriles is 1. The second-order valence-corrected chi connectivity index (χ2v) is 13.5. The molecule has 0 aliphatic carbocycles. The lowest BCUT2D eigenvalue weighted by Crippen LogP contribution is -2.68. The Morgan fingerprint density at radius 3 is 2.55 bits per heavy atom. The fourth-order valence-electron chi connectivity index (χ4n) is 8.68. The van der Waals surface area contributed by atoms with E-state index in [4.69, 9.17) is 18.9 Å². The van der Waals surface area contributed by atoms with Crippen LogP contribution in [0.1, 0.15) is 64.4 Å². The number of hydrogen-bond donors (Lipinski definition) is 2. The number of ether oxygens (including phenoxy) is 4. The van der Waals surface area contributed by atoms with Crippen molar-refractivity contribution >= 4 is 11.8 Å². The molecule has 49 heavy (non-hydrogen) atoms. The van der Waals surface area contributed by atoms with E-state index in [1.165, 1.54) is 6.92 Å². The second kappa shape index (κ2) is 13.0. The van der Waals surface area contributed by atoms with Gasteiger partial charge in [0.15, 0.2) is 23.0 Å². The quantitative estimate of drug-likeness (QED) is 0.251. The summed E-state index contributed by atoms with van der Waals surface area (Å²) < 4.78 is 23.7. The van der Waals surface area contributed by atoms with Crippen molar-refractivity contribution in [2.24, 2.45) is 0 Å². The van der Waals surface area contributed by atoms with Crippen LogP contribution in [0.15, 0.2) is 36.4 Å². The van der Waals surface area contributed by atoms with Crippen molar-refractivity contribution in [3.63, 3.8) is 0 Å². The molecule has 0 radical (unpaired) electrons. The Labute approximate surface area is 286 Å². The standard InChI is InChI=1S/C38H42N4O7/c1-20-13-24-14-27-29(16-39)42-28(33(41(27)4)31(24)34(45)35(20)46-5)15-26-32(38-37(47-19-48-38)21(2)36(26)49-22(3)43)30(42)18-40-17-25(44)12-11-23-9-7-6-8-10-23/h6-10,13,27-30,33,40,45H,11-12,14-15,17-19H2,1-5H3/t27-,28?,29-,30-,33-/m0/s1. The summed E-state index contributed by atoms with van der Waals surface area (Å²) in [5, 5.41) is 26.0. The van der Waals surface area contributed by atoms with E-state index in [1.54, 1.807) is 7.11 Å². The van der Waals surface area contributed by atoms with Gasteiger partial charge in [-0.1, -0.05) is 36.4 Å². The zero-order valence-corrected chi connectivity index (χ0v) is 28.5. The molecule has 4 aliphatic rings. The van der Waals surface area contributed by atoms with E-state index in [0.29, 0.717) is 60.8 Å². The molecule has 1 unspecified atom stereocenters. The number of aromatic hydroxyl groups is 1. The Kier molecular flexibility index (Phi) is 8.73. The number of rotatable bonds is 9. The molecule has 1 fully saturated rings. The summed E-state index contributed by atoms with van der Waals surface area (Å²) in [4.78, 5) is 30.1. The molecule has 0 spiro atoms. The van der Waals surface area contributed by atoms with Gasteiger partial charge >= 0.3 is 5.97 Å². The number of likely N-dealkylation sites (N-methyl/N-ethyl adjacent to an activating group) is 1. The number of fused-ring (bicyclic) bond motifs is 9. The van der Waals surface area contributed by atoms with Gasteiger partial charge in [0.1, 0.15) is 17.6 Å². The van der Waals surface area contributed by atoms with Crippen molar-refractivity contribution in [2.75, 3.05) is 34.0 Å². The second-order valence-electron chi connectivity index (χ2n) is 13.5. The first kappa shape index (κ1) is 32.9. The van der Waals surface area contributed by atoms with Crippen LogP contribution in [0.4, 0.5) is 0 Å². The molecule has 3 aromatic rings. The van der Waals surface area contributed by atoms with Crippen LogP contribution in [0, 0.1) is 25.2 Å². The summed E-state index contributed by atoms with van der Waals surface area (Å²) in [6.07, 6.45) is 2.04. The number of nitrogens with one attached hydrogen (secondary N) is 1. The van der Waals surface area contributed by atoms with Gasteiger partial charge in [-0.25, -0.2) is 0 Å². The van der Waals surface area contributed by atoms with Gasteiger partial charge in [-0.2, -0.15) is 5.26 Å². The largest absolute Gasteiger partial charge is 0.504 e. The topological polar surface area (TPSA) is 134 Å². The number of piperazine rings is 1. The van der Waals surface area contributed by atoms with E-state index in [9.17, 15) is 20.0 Å². The van der Waals surface area contributed by atoms with Gasteiger partial charge in [-0.15, -0.1) is 0 Å². The van der Waals surface area contributed by atoms with Gasteiger partial charge in [0, 0.05) is 54.2 Å². The summed E-state index contributed by atoms with van der Waals surface area (Å²) in [6.45, 7) is 5.65. The summed E-state index contributed by atoms with van der Waals surface area (Å²) in [5.41, 5.74) is 5.98. The number of benzene rings is 3. The highest BCUT2D eigenvalue weighted by Crippen LogP contribution is 2.58. The van der Waals surface area contributed by atoms with Crippen LogP contribution in [0.2, 0.25) is 0 Å². The smallest absolute Gasteiger partial charge is 0.308 e. The Bertz CT molecular complexity index is 1860. The minimum absolute atomic E-state index is 0.0176. The molecule has 3 aromatic carbocycles. The highest BCUT2D eigenvalue weighted by molar-refractivity contribution is 5.80. The van der Waals surface area contributed by atoms with Gasteiger partial charge in [-0.3, -0.25) is 19.4 Å². The average Bonchev–Trinajstić information content (AvgIpc) is 3.57. The first-order chi connectivity index (χ1) is 23.6. The molecule has 0 saturated carbocycles. The van der Waals surface area contributed by atoms with E-state index in [1.807, 2.05) is 51.2 Å². The fourth-order valence-corrected chi connectivity index (χ4v) is 8.68. The number of Topliss-reactive ketones (excluding diaryl/α,β-unsaturated/α-hetero) is 1. The maximum absolute atomic E-state index is 13.1. The normalized spacial score (nSPS) is 23.6. The van der Waals surface area contributed by atoms with Crippen molar-refractivity contribution in [1.29, 1.82) is 5.26 Å². The lowest BCUT2D eigenvalue weighted by molar-refractivity contribution is -0.132. The number of ketones is 1. The monoisotopic (exact) mass is 666 g/mol. The molecule has 7 rings (SSSR count). The molecule has 4 aliphatic heterocycles. The molecule has 4 heterocycles. The maximum atomic E-state index is 13.1. The summed E-state index contributed by atoms with van der Waals surface area (Å²) in [6, 6.07) is 12.9. The lowest BCUT2D eigenvalue weighted by atomic mass is 9.71. The number of aryl methyl sites for hydroxylation is 2. The average molecular weight is 667 g/mol. The molecule has 11 nitrogen and oxygen atoms in total. The zero-order valence-electron chi connectivity index (χ0n) is 28.5. The third-order valence-electron chi connectivity index (χ3n) is 10.7. The van der Waals surface area contributed by atoms with Crippen molar-refractivity contribution in [1.82, 2.24) is 15.1 Å². The first-order valence-corrected chi connectivity index (χ1v) is 16.8. The maximum Gasteiger partial charge on any atom is 0.308 e. The van der Waals surface area contributed by atoms with Gasteiger partial charge in [0.25, 0.3) is 0 Å². The molecular formula is C38H42N4O7. The third-order valence-corrected chi connectivity index (χ3v) is 10.7.